The summed E-state index contributed by atoms with van der Waals surface area (Å²) in [4.78, 5) is -0.329. The average Bonchev–Trinajstić information content (AvgIpc) is 3.07. The largest absolute Gasteiger partial charge is 0.405 e. The fraction of sp³-hybridized carbons (Fsp3) is 0.619. The molecule has 0 atom stereocenters. The molecular formula is C21H29BrF2NO3PS. The van der Waals surface area contributed by atoms with Gasteiger partial charge in [-0.05, 0) is 48.2 Å². The molecule has 1 aliphatic carbocycles. The second kappa shape index (κ2) is 10.4. The second-order valence-corrected chi connectivity index (χ2v) is 11.4. The van der Waals surface area contributed by atoms with Crippen molar-refractivity contribution < 1.29 is 22.4 Å². The highest BCUT2D eigenvalue weighted by Gasteiger charge is 2.57. The van der Waals surface area contributed by atoms with Crippen molar-refractivity contribution in [3.05, 3.63) is 27.5 Å². The third-order valence-corrected chi connectivity index (χ3v) is 10.1. The lowest BCUT2D eigenvalue weighted by Gasteiger charge is -2.25. The normalized spacial score (nSPS) is 16.3. The summed E-state index contributed by atoms with van der Waals surface area (Å²) in [6.45, 7) is 3.61. The Morgan fingerprint density at radius 1 is 1.20 bits per heavy atom. The summed E-state index contributed by atoms with van der Waals surface area (Å²) >= 11 is 4.25. The molecule has 2 aromatic rings. The van der Waals surface area contributed by atoms with E-state index in [0.29, 0.717) is 10.1 Å². The van der Waals surface area contributed by atoms with Crippen molar-refractivity contribution in [1.82, 2.24) is 0 Å². The van der Waals surface area contributed by atoms with Crippen LogP contribution >= 0.6 is 34.9 Å². The third-order valence-electron chi connectivity index (χ3n) is 5.46. The molecule has 1 N–H and O–H groups in total. The lowest BCUT2D eigenvalue weighted by molar-refractivity contribution is 0.0387. The van der Waals surface area contributed by atoms with E-state index in [1.165, 1.54) is 46.0 Å². The van der Waals surface area contributed by atoms with Crippen LogP contribution in [0.2, 0.25) is 0 Å². The zero-order valence-electron chi connectivity index (χ0n) is 17.4. The van der Waals surface area contributed by atoms with Gasteiger partial charge in [-0.25, -0.2) is 0 Å². The van der Waals surface area contributed by atoms with Crippen LogP contribution in [0.5, 0.6) is 0 Å². The van der Waals surface area contributed by atoms with E-state index in [1.54, 1.807) is 6.07 Å². The molecule has 0 spiro atoms. The van der Waals surface area contributed by atoms with Gasteiger partial charge in [0.15, 0.2) is 0 Å². The van der Waals surface area contributed by atoms with E-state index in [4.69, 9.17) is 9.05 Å². The van der Waals surface area contributed by atoms with E-state index in [-0.39, 0.29) is 22.6 Å². The van der Waals surface area contributed by atoms with Crippen LogP contribution in [0.3, 0.4) is 0 Å². The number of hydrogen-bond acceptors (Lipinski definition) is 5. The van der Waals surface area contributed by atoms with Crippen LogP contribution in [0, 0.1) is 5.92 Å². The molecule has 0 unspecified atom stereocenters. The van der Waals surface area contributed by atoms with Crippen LogP contribution < -0.4 is 5.32 Å². The van der Waals surface area contributed by atoms with Crippen LogP contribution in [0.25, 0.3) is 10.1 Å². The highest BCUT2D eigenvalue weighted by molar-refractivity contribution is 9.10. The van der Waals surface area contributed by atoms with Crippen molar-refractivity contribution in [3.8, 4) is 0 Å². The van der Waals surface area contributed by atoms with Gasteiger partial charge in [0.1, 0.15) is 4.88 Å². The average molecular weight is 524 g/mol. The molecule has 3 rings (SSSR count). The van der Waals surface area contributed by atoms with Gasteiger partial charge in [-0.15, -0.1) is 11.3 Å². The van der Waals surface area contributed by atoms with Gasteiger partial charge in [0.2, 0.25) is 0 Å². The topological polar surface area (TPSA) is 47.6 Å². The lowest BCUT2D eigenvalue weighted by atomic mass is 9.87. The Balaban J connectivity index is 1.87. The number of hydrogen-bond donors (Lipinski definition) is 1. The molecule has 9 heteroatoms. The van der Waals surface area contributed by atoms with Crippen molar-refractivity contribution in [1.29, 1.82) is 0 Å². The minimum atomic E-state index is -4.65. The number of benzene rings is 1. The van der Waals surface area contributed by atoms with Gasteiger partial charge in [0, 0.05) is 16.4 Å². The molecule has 1 aromatic carbocycles. The standard InChI is InChI=1S/C21H29BrF2NO3PS/c1-3-27-29(26,28-4-2)21(23,24)20-18(22)16-11-8-12-17(19(16)30-20)25-14-13-15-9-6-5-7-10-15/h8,11-12,15,25H,3-7,9-10,13-14H2,1-2H3. The van der Waals surface area contributed by atoms with Gasteiger partial charge in [-0.1, -0.05) is 44.2 Å². The summed E-state index contributed by atoms with van der Waals surface area (Å²) < 4.78 is 54.4. The first kappa shape index (κ1) is 24.1. The molecule has 1 aliphatic rings. The van der Waals surface area contributed by atoms with E-state index >= 15 is 8.78 Å². The molecule has 0 aliphatic heterocycles. The first-order valence-corrected chi connectivity index (χ1v) is 13.7. The summed E-state index contributed by atoms with van der Waals surface area (Å²) in [7, 11) is -4.65. The zero-order valence-corrected chi connectivity index (χ0v) is 20.7. The molecule has 1 saturated carbocycles. The lowest BCUT2D eigenvalue weighted by Crippen LogP contribution is -2.17. The minimum absolute atomic E-state index is 0.122. The summed E-state index contributed by atoms with van der Waals surface area (Å²) in [6, 6.07) is 5.53. The number of alkyl halides is 2. The molecule has 30 heavy (non-hydrogen) atoms. The molecule has 1 fully saturated rings. The Hall–Kier alpha value is -0.530. The molecular weight excluding hydrogens is 495 g/mol. The number of halogens is 3. The van der Waals surface area contributed by atoms with E-state index in [1.807, 2.05) is 12.1 Å². The van der Waals surface area contributed by atoms with Crippen LogP contribution in [0.15, 0.2) is 22.7 Å². The van der Waals surface area contributed by atoms with Crippen molar-refractivity contribution in [2.75, 3.05) is 25.1 Å². The summed E-state index contributed by atoms with van der Waals surface area (Å²) in [5.74, 6) is 0.740. The summed E-state index contributed by atoms with van der Waals surface area (Å²) in [5, 5.41) is 4.09. The van der Waals surface area contributed by atoms with Gasteiger partial charge in [0.05, 0.1) is 23.6 Å². The van der Waals surface area contributed by atoms with Gasteiger partial charge in [-0.2, -0.15) is 8.78 Å². The van der Waals surface area contributed by atoms with Crippen molar-refractivity contribution in [2.24, 2.45) is 5.92 Å². The van der Waals surface area contributed by atoms with E-state index in [0.717, 1.165) is 35.9 Å². The van der Waals surface area contributed by atoms with Crippen LogP contribution in [-0.2, 0) is 19.3 Å². The quantitative estimate of drug-likeness (QED) is 0.317. The second-order valence-electron chi connectivity index (χ2n) is 7.52. The zero-order chi connectivity index (χ0) is 21.8. The SMILES string of the molecule is CCOP(=O)(OCC)C(F)(F)c1sc2c(NCCC3CCCCC3)cccc2c1Br. The van der Waals surface area contributed by atoms with Gasteiger partial charge in [0.25, 0.3) is 0 Å². The maximum Gasteiger partial charge on any atom is 0.405 e. The number of nitrogens with one attached hydrogen (secondary N) is 1. The Morgan fingerprint density at radius 2 is 1.87 bits per heavy atom. The predicted octanol–water partition coefficient (Wildman–Crippen LogP) is 8.36. The Labute approximate surface area is 189 Å². The molecule has 4 nitrogen and oxygen atoms in total. The number of thiophene rings is 1. The first-order chi connectivity index (χ1) is 14.3. The van der Waals surface area contributed by atoms with Crippen molar-refractivity contribution in [2.45, 2.75) is 58.0 Å². The molecule has 1 heterocycles. The third kappa shape index (κ3) is 4.93. The Bertz CT molecular complexity index is 892. The van der Waals surface area contributed by atoms with Crippen LogP contribution in [0.1, 0.15) is 57.2 Å². The molecule has 1 aromatic heterocycles. The summed E-state index contributed by atoms with van der Waals surface area (Å²) in [5.41, 5.74) is -2.93. The first-order valence-electron chi connectivity index (χ1n) is 10.6. The van der Waals surface area contributed by atoms with Crippen LogP contribution in [-0.4, -0.2) is 19.8 Å². The maximum absolute atomic E-state index is 15.4. The molecule has 0 bridgehead atoms. The Morgan fingerprint density at radius 3 is 2.50 bits per heavy atom. The number of rotatable bonds is 10. The summed E-state index contributed by atoms with van der Waals surface area (Å²) in [6.07, 6.45) is 7.56. The molecule has 0 saturated heterocycles. The fourth-order valence-electron chi connectivity index (χ4n) is 3.97. The van der Waals surface area contributed by atoms with Crippen molar-refractivity contribution >= 4 is 50.6 Å². The maximum atomic E-state index is 15.4. The Kier molecular flexibility index (Phi) is 8.35. The fourth-order valence-corrected chi connectivity index (χ4v) is 8.05. The number of anilines is 1. The minimum Gasteiger partial charge on any atom is -0.384 e. The van der Waals surface area contributed by atoms with Gasteiger partial charge < -0.3 is 14.4 Å². The van der Waals surface area contributed by atoms with Gasteiger partial charge >= 0.3 is 13.3 Å². The molecule has 0 amide bonds. The van der Waals surface area contributed by atoms with Gasteiger partial charge in [-0.3, -0.25) is 4.57 Å². The monoisotopic (exact) mass is 523 g/mol. The van der Waals surface area contributed by atoms with E-state index in [2.05, 4.69) is 21.2 Å². The van der Waals surface area contributed by atoms with E-state index < -0.39 is 13.3 Å². The van der Waals surface area contributed by atoms with E-state index in [9.17, 15) is 4.57 Å². The van der Waals surface area contributed by atoms with Crippen LogP contribution in [0.4, 0.5) is 14.5 Å². The highest BCUT2D eigenvalue weighted by atomic mass is 79.9. The highest BCUT2D eigenvalue weighted by Crippen LogP contribution is 2.69. The molecule has 0 radical (unpaired) electrons. The smallest absolute Gasteiger partial charge is 0.384 e. The predicted molar refractivity (Wildman–Crippen MR) is 124 cm³/mol. The number of fused-ring (bicyclic) bond motifs is 1. The van der Waals surface area contributed by atoms with Crippen molar-refractivity contribution in [3.63, 3.8) is 0 Å². The molecule has 168 valence electrons.